The van der Waals surface area contributed by atoms with E-state index in [-0.39, 0.29) is 18.3 Å². The van der Waals surface area contributed by atoms with Crippen LogP contribution in [0.1, 0.15) is 27.7 Å². The predicted molar refractivity (Wildman–Crippen MR) is 78.8 cm³/mol. The van der Waals surface area contributed by atoms with Crippen molar-refractivity contribution in [2.45, 2.75) is 38.9 Å². The highest BCUT2D eigenvalue weighted by Crippen LogP contribution is 2.36. The van der Waals surface area contributed by atoms with Gasteiger partial charge in [0.05, 0.1) is 11.2 Å². The summed E-state index contributed by atoms with van der Waals surface area (Å²) in [7, 11) is -0.290. The maximum atomic E-state index is 6.07. The molecule has 19 heavy (non-hydrogen) atoms. The van der Waals surface area contributed by atoms with Crippen LogP contribution in [-0.2, 0) is 9.31 Å². The van der Waals surface area contributed by atoms with Gasteiger partial charge in [0, 0.05) is 5.52 Å². The number of hydrogen-bond acceptors (Lipinski definition) is 2. The van der Waals surface area contributed by atoms with Crippen molar-refractivity contribution in [1.29, 1.82) is 0 Å². The van der Waals surface area contributed by atoms with Gasteiger partial charge in [-0.05, 0) is 56.9 Å². The van der Waals surface area contributed by atoms with E-state index in [1.165, 1.54) is 10.9 Å². The first-order chi connectivity index (χ1) is 8.80. The molecule has 1 aliphatic heterocycles. The van der Waals surface area contributed by atoms with Gasteiger partial charge < -0.3 is 12.9 Å². The molecule has 1 aromatic heterocycles. The minimum atomic E-state index is -0.292. The molecule has 0 aliphatic carbocycles. The Morgan fingerprint density at radius 1 is 1.05 bits per heavy atom. The molecule has 1 aromatic carbocycles. The molecule has 0 bridgehead atoms. The Labute approximate surface area is 122 Å². The number of hydrogen-bond donors (Lipinski definition) is 0. The first-order valence-corrected chi connectivity index (χ1v) is 7.03. The summed E-state index contributed by atoms with van der Waals surface area (Å²) in [6.07, 6.45) is 2.03. The van der Waals surface area contributed by atoms with Gasteiger partial charge in [-0.2, -0.15) is 0 Å². The van der Waals surface area contributed by atoms with Gasteiger partial charge in [-0.25, -0.2) is 0 Å². The zero-order valence-electron chi connectivity index (χ0n) is 11.8. The van der Waals surface area contributed by atoms with E-state index < -0.39 is 0 Å². The number of aromatic nitrogens is 1. The fourth-order valence-corrected chi connectivity index (χ4v) is 2.63. The highest BCUT2D eigenvalue weighted by atomic mass is 27.1. The van der Waals surface area contributed by atoms with Crippen molar-refractivity contribution in [3.8, 4) is 0 Å². The molecule has 0 unspecified atom stereocenters. The van der Waals surface area contributed by atoms with E-state index in [2.05, 4.69) is 68.5 Å². The molecule has 1 fully saturated rings. The summed E-state index contributed by atoms with van der Waals surface area (Å²) in [6, 6.07) is 8.41. The van der Waals surface area contributed by atoms with Crippen LogP contribution in [0.15, 0.2) is 30.5 Å². The molecule has 2 aromatic rings. The molecule has 0 atom stereocenters. The summed E-state index contributed by atoms with van der Waals surface area (Å²) >= 11 is 2.68. The molecule has 0 saturated carbocycles. The molecule has 2 radical (unpaired) electrons. The Morgan fingerprint density at radius 2 is 1.68 bits per heavy atom. The first kappa shape index (κ1) is 13.3. The van der Waals surface area contributed by atoms with Crippen LogP contribution in [0, 0.1) is 0 Å². The Bertz CT molecular complexity index is 619. The fourth-order valence-electron chi connectivity index (χ4n) is 2.31. The van der Waals surface area contributed by atoms with E-state index >= 15 is 0 Å². The average Bonchev–Trinajstić information content (AvgIpc) is 2.78. The molecule has 5 heteroatoms. The third-order valence-electron chi connectivity index (χ3n) is 4.27. The second kappa shape index (κ2) is 4.13. The molecule has 0 amide bonds. The van der Waals surface area contributed by atoms with Gasteiger partial charge in [-0.1, -0.05) is 12.1 Å². The van der Waals surface area contributed by atoms with Crippen LogP contribution in [-0.4, -0.2) is 38.4 Å². The molecule has 96 valence electrons. The second-order valence-electron chi connectivity index (χ2n) is 6.13. The van der Waals surface area contributed by atoms with Crippen molar-refractivity contribution >= 4 is 40.0 Å². The standard InChI is InChI=1S/C14H17BNO2.Al/c1-13(2)14(3,4)18-15(17-13)11-5-6-12-10(9-11)7-8-16-12;/h5-9H,1-4H3;/q-1;+1. The van der Waals surface area contributed by atoms with Crippen molar-refractivity contribution in [1.82, 2.24) is 3.55 Å². The second-order valence-corrected chi connectivity index (χ2v) is 6.69. The van der Waals surface area contributed by atoms with E-state index in [0.717, 1.165) is 5.46 Å². The van der Waals surface area contributed by atoms with Gasteiger partial charge in [0.2, 0.25) is 0 Å². The highest BCUT2D eigenvalue weighted by molar-refractivity contribution is 6.62. The van der Waals surface area contributed by atoms with Gasteiger partial charge in [0.25, 0.3) is 0 Å². The van der Waals surface area contributed by atoms with Crippen molar-refractivity contribution in [3.05, 3.63) is 30.5 Å². The molecule has 1 aliphatic rings. The third kappa shape index (κ3) is 2.06. The van der Waals surface area contributed by atoms with E-state index in [1.807, 2.05) is 9.75 Å². The average molecular weight is 269 g/mol. The highest BCUT2D eigenvalue weighted by Gasteiger charge is 2.51. The number of rotatable bonds is 1. The number of fused-ring (bicyclic) bond motifs is 1. The molecule has 3 rings (SSSR count). The molecule has 1 saturated heterocycles. The Kier molecular flexibility index (Phi) is 2.89. The molecular formula is C14H17AlBNO2. The maximum absolute atomic E-state index is 6.07. The van der Waals surface area contributed by atoms with E-state index in [4.69, 9.17) is 9.31 Å². The maximum Gasteiger partial charge on any atom is 0.494 e. The summed E-state index contributed by atoms with van der Waals surface area (Å²) < 4.78 is 14.2. The van der Waals surface area contributed by atoms with E-state index in [1.54, 1.807) is 0 Å². The Hall–Kier alpha value is -0.723. The quantitative estimate of drug-likeness (QED) is 0.738. The van der Waals surface area contributed by atoms with Crippen LogP contribution in [0.5, 0.6) is 0 Å². The number of benzene rings is 1. The van der Waals surface area contributed by atoms with Crippen LogP contribution in [0.25, 0.3) is 10.9 Å². The summed E-state index contributed by atoms with van der Waals surface area (Å²) in [5, 5.41) is 1.20. The van der Waals surface area contributed by atoms with Crippen molar-refractivity contribution in [2.24, 2.45) is 0 Å². The van der Waals surface area contributed by atoms with Gasteiger partial charge in [0.15, 0.2) is 0 Å². The van der Waals surface area contributed by atoms with Gasteiger partial charge >= 0.3 is 23.6 Å². The lowest BCUT2D eigenvalue weighted by molar-refractivity contribution is 0.00578. The lowest BCUT2D eigenvalue weighted by atomic mass is 9.79. The topological polar surface area (TPSA) is 23.4 Å². The van der Waals surface area contributed by atoms with Crippen LogP contribution in [0.4, 0.5) is 0 Å². The minimum Gasteiger partial charge on any atom is -0.458 e. The van der Waals surface area contributed by atoms with Crippen molar-refractivity contribution in [2.75, 3.05) is 0 Å². The summed E-state index contributed by atoms with van der Waals surface area (Å²) in [4.78, 5) is 0. The third-order valence-corrected chi connectivity index (χ3v) is 4.72. The lowest BCUT2D eigenvalue weighted by Gasteiger charge is -2.32. The minimum absolute atomic E-state index is 0.290. The summed E-state index contributed by atoms with van der Waals surface area (Å²) in [5.41, 5.74) is 1.67. The van der Waals surface area contributed by atoms with Gasteiger partial charge in [-0.15, -0.1) is 0 Å². The normalized spacial score (nSPS) is 21.2. The molecule has 0 N–H and O–H groups in total. The van der Waals surface area contributed by atoms with Crippen LogP contribution in [0.2, 0.25) is 0 Å². The Morgan fingerprint density at radius 3 is 2.32 bits per heavy atom. The molecular weight excluding hydrogens is 252 g/mol. The van der Waals surface area contributed by atoms with Crippen LogP contribution >= 0.6 is 0 Å². The fraction of sp³-hybridized carbons (Fsp3) is 0.429. The van der Waals surface area contributed by atoms with E-state index in [0.29, 0.717) is 0 Å². The summed E-state index contributed by atoms with van der Waals surface area (Å²) in [6.45, 7) is 8.30. The lowest BCUT2D eigenvalue weighted by Crippen LogP contribution is -2.41. The first-order valence-electron chi connectivity index (χ1n) is 6.52. The van der Waals surface area contributed by atoms with Gasteiger partial charge in [0.1, 0.15) is 0 Å². The van der Waals surface area contributed by atoms with E-state index in [9.17, 15) is 0 Å². The van der Waals surface area contributed by atoms with Crippen LogP contribution in [0.3, 0.4) is 0 Å². The molecule has 3 nitrogen and oxygen atoms in total. The molecule has 0 spiro atoms. The largest absolute Gasteiger partial charge is 0.494 e. The monoisotopic (exact) mass is 269 g/mol. The SMILES string of the molecule is CC1(C)OB(c2ccc3c(cc[n]3[Al])c2)OC1(C)C. The molecule has 2 heterocycles. The smallest absolute Gasteiger partial charge is 0.458 e. The zero-order valence-corrected chi connectivity index (χ0v) is 13.0. The predicted octanol–water partition coefficient (Wildman–Crippen LogP) is 1.87. The Balaban J connectivity index is 1.98. The van der Waals surface area contributed by atoms with Crippen LogP contribution < -0.4 is 5.46 Å². The zero-order chi connectivity index (χ0) is 13.8. The number of nitrogens with zero attached hydrogens (tertiary/aromatic N) is 1. The van der Waals surface area contributed by atoms with Crippen molar-refractivity contribution in [3.63, 3.8) is 0 Å². The van der Waals surface area contributed by atoms with Gasteiger partial charge in [-0.3, -0.25) is 0 Å². The summed E-state index contributed by atoms with van der Waals surface area (Å²) in [5.74, 6) is 0. The van der Waals surface area contributed by atoms with Crippen molar-refractivity contribution < 1.29 is 9.31 Å².